The second-order valence-electron chi connectivity index (χ2n) is 4.17. The number of rotatable bonds is 3. The zero-order chi connectivity index (χ0) is 13.1. The van der Waals surface area contributed by atoms with E-state index in [2.05, 4.69) is 0 Å². The number of ketones is 3. The Labute approximate surface area is 105 Å². The number of allylic oxidation sites excluding steroid dienone is 3. The van der Waals surface area contributed by atoms with E-state index in [0.29, 0.717) is 5.57 Å². The second kappa shape index (κ2) is 4.92. The van der Waals surface area contributed by atoms with Crippen LogP contribution in [-0.4, -0.2) is 17.3 Å². The van der Waals surface area contributed by atoms with Gasteiger partial charge in [-0.1, -0.05) is 36.4 Å². The zero-order valence-electron chi connectivity index (χ0n) is 9.92. The number of benzene rings is 1. The summed E-state index contributed by atoms with van der Waals surface area (Å²) in [6.07, 6.45) is 4.14. The van der Waals surface area contributed by atoms with E-state index in [4.69, 9.17) is 0 Å². The first kappa shape index (κ1) is 12.2. The standard InChI is InChI=1S/C15H12O3/c1-10-9-13(17)14(15(10)18)12(16)8-7-11-5-3-2-4-6-11/h2-9,14H,1H3. The first-order chi connectivity index (χ1) is 8.59. The molecule has 3 nitrogen and oxygen atoms in total. The minimum atomic E-state index is -1.16. The lowest BCUT2D eigenvalue weighted by Gasteiger charge is -2.01. The Balaban J connectivity index is 2.13. The molecule has 90 valence electrons. The fraction of sp³-hybridized carbons (Fsp3) is 0.133. The van der Waals surface area contributed by atoms with Crippen molar-refractivity contribution in [2.75, 3.05) is 0 Å². The molecule has 3 heteroatoms. The van der Waals surface area contributed by atoms with Crippen LogP contribution in [-0.2, 0) is 14.4 Å². The van der Waals surface area contributed by atoms with Gasteiger partial charge in [0.2, 0.25) is 0 Å². The molecule has 0 amide bonds. The van der Waals surface area contributed by atoms with Gasteiger partial charge in [-0.05, 0) is 30.2 Å². The summed E-state index contributed by atoms with van der Waals surface area (Å²) in [4.78, 5) is 34.9. The molecule has 0 saturated heterocycles. The quantitative estimate of drug-likeness (QED) is 0.599. The van der Waals surface area contributed by atoms with Gasteiger partial charge in [-0.25, -0.2) is 0 Å². The van der Waals surface area contributed by atoms with Gasteiger partial charge in [0, 0.05) is 0 Å². The molecule has 0 radical (unpaired) electrons. The van der Waals surface area contributed by atoms with E-state index < -0.39 is 17.5 Å². The summed E-state index contributed by atoms with van der Waals surface area (Å²) in [5.74, 6) is -2.42. The summed E-state index contributed by atoms with van der Waals surface area (Å²) in [6, 6.07) is 9.25. The summed E-state index contributed by atoms with van der Waals surface area (Å²) in [5, 5.41) is 0. The minimum Gasteiger partial charge on any atom is -0.294 e. The van der Waals surface area contributed by atoms with Crippen LogP contribution in [0.1, 0.15) is 12.5 Å². The van der Waals surface area contributed by atoms with Crippen molar-refractivity contribution in [3.8, 4) is 0 Å². The van der Waals surface area contributed by atoms with Gasteiger partial charge < -0.3 is 0 Å². The summed E-state index contributed by atoms with van der Waals surface area (Å²) in [6.45, 7) is 1.55. The van der Waals surface area contributed by atoms with Gasteiger partial charge in [0.15, 0.2) is 17.3 Å². The Bertz CT molecular complexity index is 565. The maximum absolute atomic E-state index is 11.8. The number of hydrogen-bond donors (Lipinski definition) is 0. The highest BCUT2D eigenvalue weighted by atomic mass is 16.2. The van der Waals surface area contributed by atoms with Gasteiger partial charge in [-0.15, -0.1) is 0 Å². The lowest BCUT2D eigenvalue weighted by atomic mass is 9.97. The third-order valence-electron chi connectivity index (χ3n) is 2.82. The Morgan fingerprint density at radius 3 is 2.39 bits per heavy atom. The zero-order valence-corrected chi connectivity index (χ0v) is 9.92. The molecule has 0 spiro atoms. The van der Waals surface area contributed by atoms with Crippen LogP contribution in [0.15, 0.2) is 48.1 Å². The van der Waals surface area contributed by atoms with E-state index in [1.165, 1.54) is 12.2 Å². The molecule has 0 saturated carbocycles. The minimum absolute atomic E-state index is 0.353. The maximum atomic E-state index is 11.8. The van der Waals surface area contributed by atoms with Gasteiger partial charge in [0.1, 0.15) is 5.92 Å². The van der Waals surface area contributed by atoms with Crippen molar-refractivity contribution < 1.29 is 14.4 Å². The van der Waals surface area contributed by atoms with Gasteiger partial charge in [0.25, 0.3) is 0 Å². The molecule has 1 aromatic carbocycles. The lowest BCUT2D eigenvalue weighted by Crippen LogP contribution is -2.24. The van der Waals surface area contributed by atoms with Gasteiger partial charge >= 0.3 is 0 Å². The number of hydrogen-bond acceptors (Lipinski definition) is 3. The van der Waals surface area contributed by atoms with Crippen molar-refractivity contribution in [3.05, 3.63) is 53.6 Å². The molecule has 1 aliphatic rings. The van der Waals surface area contributed by atoms with Gasteiger partial charge in [0.05, 0.1) is 0 Å². The second-order valence-corrected chi connectivity index (χ2v) is 4.17. The highest BCUT2D eigenvalue weighted by molar-refractivity contribution is 6.34. The molecule has 1 atom stereocenters. The largest absolute Gasteiger partial charge is 0.294 e. The molecular weight excluding hydrogens is 228 g/mol. The van der Waals surface area contributed by atoms with Crippen molar-refractivity contribution in [1.82, 2.24) is 0 Å². The van der Waals surface area contributed by atoms with E-state index in [1.54, 1.807) is 13.0 Å². The van der Waals surface area contributed by atoms with Crippen molar-refractivity contribution in [2.45, 2.75) is 6.92 Å². The first-order valence-corrected chi connectivity index (χ1v) is 5.63. The molecule has 1 aliphatic carbocycles. The number of Topliss-reactive ketones (excluding diaryl/α,β-unsaturated/α-hetero) is 1. The van der Waals surface area contributed by atoms with Gasteiger partial charge in [-0.2, -0.15) is 0 Å². The maximum Gasteiger partial charge on any atom is 0.177 e. The number of carbonyl (C=O) groups excluding carboxylic acids is 3. The van der Waals surface area contributed by atoms with E-state index in [0.717, 1.165) is 5.56 Å². The van der Waals surface area contributed by atoms with Crippen molar-refractivity contribution in [2.24, 2.45) is 5.92 Å². The summed E-state index contributed by atoms with van der Waals surface area (Å²) < 4.78 is 0. The van der Waals surface area contributed by atoms with E-state index in [1.807, 2.05) is 30.3 Å². The molecule has 0 fully saturated rings. The van der Waals surface area contributed by atoms with Gasteiger partial charge in [-0.3, -0.25) is 14.4 Å². The molecule has 0 aliphatic heterocycles. The summed E-state index contributed by atoms with van der Waals surface area (Å²) in [5.41, 5.74) is 1.21. The highest BCUT2D eigenvalue weighted by Gasteiger charge is 2.36. The monoisotopic (exact) mass is 240 g/mol. The molecule has 1 aromatic rings. The van der Waals surface area contributed by atoms with Crippen LogP contribution in [0.4, 0.5) is 0 Å². The number of carbonyl (C=O) groups is 3. The highest BCUT2D eigenvalue weighted by Crippen LogP contribution is 2.19. The summed E-state index contributed by atoms with van der Waals surface area (Å²) >= 11 is 0. The van der Waals surface area contributed by atoms with Crippen LogP contribution < -0.4 is 0 Å². The van der Waals surface area contributed by atoms with E-state index in [9.17, 15) is 14.4 Å². The average molecular weight is 240 g/mol. The Hall–Kier alpha value is -2.29. The SMILES string of the molecule is CC1=CC(=O)C(C(=O)C=Cc2ccccc2)C1=O. The third kappa shape index (κ3) is 2.35. The van der Waals surface area contributed by atoms with Crippen molar-refractivity contribution >= 4 is 23.4 Å². The molecule has 0 aromatic heterocycles. The van der Waals surface area contributed by atoms with Crippen LogP contribution in [0.3, 0.4) is 0 Å². The first-order valence-electron chi connectivity index (χ1n) is 5.63. The molecule has 1 unspecified atom stereocenters. The van der Waals surface area contributed by atoms with Crippen LogP contribution >= 0.6 is 0 Å². The average Bonchev–Trinajstić information content (AvgIpc) is 2.62. The smallest absolute Gasteiger partial charge is 0.177 e. The molecule has 0 bridgehead atoms. The van der Waals surface area contributed by atoms with E-state index in [-0.39, 0.29) is 5.78 Å². The molecular formula is C15H12O3. The molecule has 0 heterocycles. The molecule has 2 rings (SSSR count). The molecule has 0 N–H and O–H groups in total. The Morgan fingerprint density at radius 2 is 1.83 bits per heavy atom. The van der Waals surface area contributed by atoms with Crippen molar-refractivity contribution in [3.63, 3.8) is 0 Å². The van der Waals surface area contributed by atoms with E-state index >= 15 is 0 Å². The fourth-order valence-electron chi connectivity index (χ4n) is 1.83. The molecule has 18 heavy (non-hydrogen) atoms. The normalized spacial score (nSPS) is 19.4. The predicted molar refractivity (Wildman–Crippen MR) is 67.7 cm³/mol. The van der Waals surface area contributed by atoms with Crippen LogP contribution in [0.2, 0.25) is 0 Å². The topological polar surface area (TPSA) is 51.2 Å². The fourth-order valence-corrected chi connectivity index (χ4v) is 1.83. The Kier molecular flexibility index (Phi) is 3.33. The van der Waals surface area contributed by atoms with Crippen LogP contribution in [0.25, 0.3) is 6.08 Å². The lowest BCUT2D eigenvalue weighted by molar-refractivity contribution is -0.133. The van der Waals surface area contributed by atoms with Crippen LogP contribution in [0, 0.1) is 5.92 Å². The van der Waals surface area contributed by atoms with Crippen LogP contribution in [0.5, 0.6) is 0 Å². The third-order valence-corrected chi connectivity index (χ3v) is 2.82. The van der Waals surface area contributed by atoms with Crippen molar-refractivity contribution in [1.29, 1.82) is 0 Å². The Morgan fingerprint density at radius 1 is 1.17 bits per heavy atom. The summed E-state index contributed by atoms with van der Waals surface area (Å²) in [7, 11) is 0. The predicted octanol–water partition coefficient (Wildman–Crippen LogP) is 1.98.